The fraction of sp³-hybridized carbons (Fsp3) is 0.100. The summed E-state index contributed by atoms with van der Waals surface area (Å²) >= 11 is 0. The molecule has 0 aliphatic heterocycles. The number of carbonyl (C=O) groups is 1. The summed E-state index contributed by atoms with van der Waals surface area (Å²) in [6, 6.07) is 7.35. The van der Waals surface area contributed by atoms with Gasteiger partial charge in [0.2, 0.25) is 0 Å². The lowest BCUT2D eigenvalue weighted by Crippen LogP contribution is -2.06. The predicted octanol–water partition coefficient (Wildman–Crippen LogP) is 2.08. The molecule has 4 nitrogen and oxygen atoms in total. The Morgan fingerprint density at radius 3 is 2.93 bits per heavy atom. The molecule has 2 aromatic heterocycles. The van der Waals surface area contributed by atoms with E-state index >= 15 is 0 Å². The summed E-state index contributed by atoms with van der Waals surface area (Å²) in [5.41, 5.74) is 0.831. The van der Waals surface area contributed by atoms with Crippen LogP contribution in [0.15, 0.2) is 36.7 Å². The Kier molecular flexibility index (Phi) is 2.10. The highest BCUT2D eigenvalue weighted by atomic mass is 16.7. The number of nitrogens with zero attached hydrogens (tertiary/aromatic N) is 1. The minimum absolute atomic E-state index is 0.498. The van der Waals surface area contributed by atoms with Crippen LogP contribution in [0.2, 0.25) is 0 Å². The standard InChI is InChI=1S/C10H9NO3/c1-13-10(12)14-9-5-7-11-6-3-2-4-8(9)11/h2-7H,1H3. The lowest BCUT2D eigenvalue weighted by Gasteiger charge is -2.00. The van der Waals surface area contributed by atoms with E-state index in [2.05, 4.69) is 4.74 Å². The summed E-state index contributed by atoms with van der Waals surface area (Å²) in [5, 5.41) is 0. The number of ether oxygens (including phenoxy) is 2. The molecule has 0 spiro atoms. The van der Waals surface area contributed by atoms with Crippen molar-refractivity contribution in [2.24, 2.45) is 0 Å². The number of methoxy groups -OCH3 is 1. The lowest BCUT2D eigenvalue weighted by molar-refractivity contribution is 0.122. The first-order valence-corrected chi connectivity index (χ1v) is 4.13. The zero-order valence-electron chi connectivity index (χ0n) is 7.64. The Labute approximate surface area is 80.7 Å². The molecule has 0 saturated heterocycles. The van der Waals surface area contributed by atoms with Crippen LogP contribution < -0.4 is 4.74 Å². The van der Waals surface area contributed by atoms with E-state index in [1.165, 1.54) is 7.11 Å². The minimum Gasteiger partial charge on any atom is -0.437 e. The van der Waals surface area contributed by atoms with Gasteiger partial charge in [-0.3, -0.25) is 0 Å². The van der Waals surface area contributed by atoms with Crippen molar-refractivity contribution in [3.63, 3.8) is 0 Å². The van der Waals surface area contributed by atoms with Gasteiger partial charge in [0.1, 0.15) is 0 Å². The smallest absolute Gasteiger partial charge is 0.437 e. The molecule has 0 aliphatic rings. The van der Waals surface area contributed by atoms with Crippen molar-refractivity contribution >= 4 is 11.7 Å². The van der Waals surface area contributed by atoms with E-state index in [9.17, 15) is 4.79 Å². The maximum absolute atomic E-state index is 10.9. The summed E-state index contributed by atoms with van der Waals surface area (Å²) in [5.74, 6) is 0.498. The Balaban J connectivity index is 2.38. The second-order valence-electron chi connectivity index (χ2n) is 2.73. The number of fused-ring (bicyclic) bond motifs is 1. The van der Waals surface area contributed by atoms with Gasteiger partial charge in [-0.25, -0.2) is 4.79 Å². The van der Waals surface area contributed by atoms with Crippen LogP contribution in [0.1, 0.15) is 0 Å². The summed E-state index contributed by atoms with van der Waals surface area (Å²) in [7, 11) is 1.28. The van der Waals surface area contributed by atoms with E-state index in [-0.39, 0.29) is 0 Å². The van der Waals surface area contributed by atoms with Crippen LogP contribution in [0.3, 0.4) is 0 Å². The molecule has 0 radical (unpaired) electrons. The normalized spacial score (nSPS) is 10.1. The molecule has 14 heavy (non-hydrogen) atoms. The van der Waals surface area contributed by atoms with E-state index in [1.54, 1.807) is 6.07 Å². The van der Waals surface area contributed by atoms with Gasteiger partial charge >= 0.3 is 6.16 Å². The summed E-state index contributed by atoms with van der Waals surface area (Å²) in [6.07, 6.45) is 2.98. The van der Waals surface area contributed by atoms with E-state index in [0.29, 0.717) is 5.75 Å². The van der Waals surface area contributed by atoms with E-state index < -0.39 is 6.16 Å². The topological polar surface area (TPSA) is 39.9 Å². The van der Waals surface area contributed by atoms with Crippen molar-refractivity contribution < 1.29 is 14.3 Å². The molecule has 0 aliphatic carbocycles. The zero-order chi connectivity index (χ0) is 9.97. The maximum Gasteiger partial charge on any atom is 0.513 e. The van der Waals surface area contributed by atoms with Gasteiger partial charge in [0, 0.05) is 12.4 Å². The van der Waals surface area contributed by atoms with Crippen LogP contribution >= 0.6 is 0 Å². The van der Waals surface area contributed by atoms with Crippen LogP contribution in [-0.4, -0.2) is 17.7 Å². The summed E-state index contributed by atoms with van der Waals surface area (Å²) < 4.78 is 11.2. The monoisotopic (exact) mass is 191 g/mol. The quantitative estimate of drug-likeness (QED) is 0.648. The van der Waals surface area contributed by atoms with Gasteiger partial charge in [-0.05, 0) is 18.2 Å². The second kappa shape index (κ2) is 3.41. The molecule has 72 valence electrons. The number of hydrogen-bond donors (Lipinski definition) is 0. The molecule has 0 amide bonds. The van der Waals surface area contributed by atoms with Crippen molar-refractivity contribution in [2.75, 3.05) is 7.11 Å². The number of pyridine rings is 1. The second-order valence-corrected chi connectivity index (χ2v) is 2.73. The van der Waals surface area contributed by atoms with Crippen molar-refractivity contribution in [3.8, 4) is 5.75 Å². The van der Waals surface area contributed by atoms with Gasteiger partial charge < -0.3 is 13.9 Å². The minimum atomic E-state index is -0.707. The fourth-order valence-corrected chi connectivity index (χ4v) is 1.25. The molecule has 0 unspecified atom stereocenters. The van der Waals surface area contributed by atoms with Crippen LogP contribution in [0.5, 0.6) is 5.75 Å². The Morgan fingerprint density at radius 2 is 2.14 bits per heavy atom. The average molecular weight is 191 g/mol. The van der Waals surface area contributed by atoms with Crippen LogP contribution in [0, 0.1) is 0 Å². The molecular formula is C10H9NO3. The Bertz CT molecular complexity index is 461. The Hall–Kier alpha value is -1.97. The highest BCUT2D eigenvalue weighted by molar-refractivity contribution is 5.70. The molecule has 2 aromatic rings. The van der Waals surface area contributed by atoms with E-state index in [1.807, 2.05) is 35.0 Å². The molecule has 0 fully saturated rings. The third-order valence-corrected chi connectivity index (χ3v) is 1.89. The van der Waals surface area contributed by atoms with Gasteiger partial charge in [-0.1, -0.05) is 6.07 Å². The van der Waals surface area contributed by atoms with Crippen LogP contribution in [0.4, 0.5) is 4.79 Å². The highest BCUT2D eigenvalue weighted by Crippen LogP contribution is 2.20. The Morgan fingerprint density at radius 1 is 1.29 bits per heavy atom. The largest absolute Gasteiger partial charge is 0.513 e. The number of hydrogen-bond acceptors (Lipinski definition) is 3. The first kappa shape index (κ1) is 8.62. The van der Waals surface area contributed by atoms with Gasteiger partial charge in [-0.2, -0.15) is 0 Å². The van der Waals surface area contributed by atoms with Gasteiger partial charge in [0.25, 0.3) is 0 Å². The maximum atomic E-state index is 10.9. The van der Waals surface area contributed by atoms with Crippen molar-refractivity contribution in [1.29, 1.82) is 0 Å². The lowest BCUT2D eigenvalue weighted by atomic mass is 10.4. The van der Waals surface area contributed by atoms with E-state index in [0.717, 1.165) is 5.52 Å². The third-order valence-electron chi connectivity index (χ3n) is 1.89. The number of rotatable bonds is 1. The first-order valence-electron chi connectivity index (χ1n) is 4.13. The molecule has 2 rings (SSSR count). The van der Waals surface area contributed by atoms with E-state index in [4.69, 9.17) is 4.74 Å². The predicted molar refractivity (Wildman–Crippen MR) is 50.4 cm³/mol. The highest BCUT2D eigenvalue weighted by Gasteiger charge is 2.07. The SMILES string of the molecule is COC(=O)Oc1ccn2ccccc12. The molecule has 0 bridgehead atoms. The third kappa shape index (κ3) is 1.42. The molecule has 4 heteroatoms. The van der Waals surface area contributed by atoms with Gasteiger partial charge in [-0.15, -0.1) is 0 Å². The van der Waals surface area contributed by atoms with Crippen LogP contribution in [-0.2, 0) is 4.74 Å². The number of aromatic nitrogens is 1. The summed E-state index contributed by atoms with van der Waals surface area (Å²) in [6.45, 7) is 0. The number of carbonyl (C=O) groups excluding carboxylic acids is 1. The molecule has 0 N–H and O–H groups in total. The molecule has 0 saturated carbocycles. The molecule has 2 heterocycles. The van der Waals surface area contributed by atoms with Gasteiger partial charge in [0.15, 0.2) is 5.75 Å². The fourth-order valence-electron chi connectivity index (χ4n) is 1.25. The first-order chi connectivity index (χ1) is 6.81. The molecule has 0 atom stereocenters. The molecule has 0 aromatic carbocycles. The van der Waals surface area contributed by atoms with Crippen molar-refractivity contribution in [3.05, 3.63) is 36.7 Å². The zero-order valence-corrected chi connectivity index (χ0v) is 7.64. The average Bonchev–Trinajstić information content (AvgIpc) is 2.62. The summed E-state index contributed by atoms with van der Waals surface area (Å²) in [4.78, 5) is 10.9. The van der Waals surface area contributed by atoms with Gasteiger partial charge in [0.05, 0.1) is 12.6 Å². The molecular weight excluding hydrogens is 182 g/mol. The van der Waals surface area contributed by atoms with Crippen molar-refractivity contribution in [2.45, 2.75) is 0 Å². The van der Waals surface area contributed by atoms with Crippen LogP contribution in [0.25, 0.3) is 5.52 Å². The van der Waals surface area contributed by atoms with Crippen molar-refractivity contribution in [1.82, 2.24) is 4.40 Å².